The lowest BCUT2D eigenvalue weighted by Gasteiger charge is -2.33. The van der Waals surface area contributed by atoms with Gasteiger partial charge in [0.05, 0.1) is 12.0 Å². The quantitative estimate of drug-likeness (QED) is 0.805. The van der Waals surface area contributed by atoms with Crippen LogP contribution in [0.4, 0.5) is 0 Å². The lowest BCUT2D eigenvalue weighted by atomic mass is 9.79. The third-order valence-corrected chi connectivity index (χ3v) is 4.41. The number of aliphatic hydroxyl groups is 1. The zero-order valence-corrected chi connectivity index (χ0v) is 12.7. The molecule has 2 rings (SSSR count). The molecule has 0 fully saturated rings. The maximum atomic E-state index is 12.0. The summed E-state index contributed by atoms with van der Waals surface area (Å²) < 4.78 is 5.67. The van der Waals surface area contributed by atoms with Crippen molar-refractivity contribution in [3.63, 3.8) is 0 Å². The molecule has 0 unspecified atom stereocenters. The smallest absolute Gasteiger partial charge is 0.309 e. The molecule has 110 valence electrons. The molecule has 0 aromatic carbocycles. The molecule has 0 spiro atoms. The molecular formula is C17H24O3. The van der Waals surface area contributed by atoms with Gasteiger partial charge in [-0.2, -0.15) is 0 Å². The van der Waals surface area contributed by atoms with E-state index in [4.69, 9.17) is 4.74 Å². The Morgan fingerprint density at radius 3 is 2.90 bits per heavy atom. The Hall–Kier alpha value is -1.35. The summed E-state index contributed by atoms with van der Waals surface area (Å²) >= 11 is 0. The highest BCUT2D eigenvalue weighted by molar-refractivity contribution is 5.73. The highest BCUT2D eigenvalue weighted by atomic mass is 16.5. The van der Waals surface area contributed by atoms with Crippen LogP contribution in [-0.2, 0) is 9.53 Å². The van der Waals surface area contributed by atoms with Crippen LogP contribution in [0.1, 0.15) is 40.5 Å². The topological polar surface area (TPSA) is 46.5 Å². The average Bonchev–Trinajstić information content (AvgIpc) is 2.41. The Balaban J connectivity index is 2.27. The van der Waals surface area contributed by atoms with Crippen LogP contribution >= 0.6 is 0 Å². The molecule has 0 radical (unpaired) electrons. The van der Waals surface area contributed by atoms with Gasteiger partial charge < -0.3 is 9.84 Å². The SMILES string of the molecule is CC[C@H](C)C(=O)O[C@H]1C[C@H](O)C=C2C=C[C@H](C)C(C)=C21. The molecule has 0 amide bonds. The van der Waals surface area contributed by atoms with Crippen LogP contribution in [-0.4, -0.2) is 23.3 Å². The van der Waals surface area contributed by atoms with Crippen molar-refractivity contribution < 1.29 is 14.6 Å². The van der Waals surface area contributed by atoms with E-state index in [1.807, 2.05) is 26.0 Å². The Morgan fingerprint density at radius 2 is 2.25 bits per heavy atom. The van der Waals surface area contributed by atoms with Gasteiger partial charge in [0.1, 0.15) is 6.10 Å². The Kier molecular flexibility index (Phi) is 4.48. The van der Waals surface area contributed by atoms with Crippen molar-refractivity contribution in [2.24, 2.45) is 11.8 Å². The van der Waals surface area contributed by atoms with Crippen molar-refractivity contribution in [3.05, 3.63) is 34.9 Å². The normalized spacial score (nSPS) is 30.6. The molecule has 3 heteroatoms. The molecule has 0 saturated heterocycles. The summed E-state index contributed by atoms with van der Waals surface area (Å²) in [7, 11) is 0. The number of aliphatic hydroxyl groups excluding tert-OH is 1. The number of rotatable bonds is 3. The van der Waals surface area contributed by atoms with Gasteiger partial charge in [0, 0.05) is 6.42 Å². The van der Waals surface area contributed by atoms with Crippen LogP contribution in [0.5, 0.6) is 0 Å². The predicted octanol–water partition coefficient (Wildman–Crippen LogP) is 3.16. The first kappa shape index (κ1) is 15.0. The predicted molar refractivity (Wildman–Crippen MR) is 79.0 cm³/mol. The molecule has 0 heterocycles. The third-order valence-electron chi connectivity index (χ3n) is 4.41. The first-order chi connectivity index (χ1) is 9.43. The summed E-state index contributed by atoms with van der Waals surface area (Å²) in [6.45, 7) is 8.07. The Morgan fingerprint density at radius 1 is 1.55 bits per heavy atom. The molecule has 2 aliphatic rings. The van der Waals surface area contributed by atoms with E-state index in [9.17, 15) is 9.90 Å². The van der Waals surface area contributed by atoms with Gasteiger partial charge >= 0.3 is 5.97 Å². The van der Waals surface area contributed by atoms with E-state index in [0.717, 1.165) is 17.6 Å². The van der Waals surface area contributed by atoms with Gasteiger partial charge in [-0.15, -0.1) is 0 Å². The summed E-state index contributed by atoms with van der Waals surface area (Å²) in [5.74, 6) is 0.0783. The fourth-order valence-corrected chi connectivity index (χ4v) is 2.68. The zero-order valence-electron chi connectivity index (χ0n) is 12.7. The van der Waals surface area contributed by atoms with Crippen LogP contribution in [0.15, 0.2) is 34.9 Å². The van der Waals surface area contributed by atoms with Gasteiger partial charge in [-0.1, -0.05) is 38.5 Å². The van der Waals surface area contributed by atoms with Gasteiger partial charge in [0.2, 0.25) is 0 Å². The molecule has 0 saturated carbocycles. The minimum atomic E-state index is -0.547. The van der Waals surface area contributed by atoms with Crippen molar-refractivity contribution in [2.45, 2.75) is 52.7 Å². The first-order valence-electron chi connectivity index (χ1n) is 7.43. The number of ether oxygens (including phenoxy) is 1. The minimum Gasteiger partial charge on any atom is -0.457 e. The molecule has 0 aromatic rings. The molecule has 0 aromatic heterocycles. The highest BCUT2D eigenvalue weighted by Crippen LogP contribution is 2.37. The zero-order chi connectivity index (χ0) is 14.9. The number of hydrogen-bond acceptors (Lipinski definition) is 3. The fourth-order valence-electron chi connectivity index (χ4n) is 2.68. The van der Waals surface area contributed by atoms with E-state index in [-0.39, 0.29) is 18.0 Å². The van der Waals surface area contributed by atoms with Crippen molar-refractivity contribution in [3.8, 4) is 0 Å². The van der Waals surface area contributed by atoms with E-state index in [1.54, 1.807) is 0 Å². The highest BCUT2D eigenvalue weighted by Gasteiger charge is 2.32. The molecule has 0 bridgehead atoms. The molecule has 0 aliphatic heterocycles. The second kappa shape index (κ2) is 5.96. The van der Waals surface area contributed by atoms with Gasteiger partial charge in [-0.3, -0.25) is 4.79 Å². The Bertz CT molecular complexity index is 484. The molecule has 3 nitrogen and oxygen atoms in total. The first-order valence-corrected chi connectivity index (χ1v) is 7.43. The minimum absolute atomic E-state index is 0.0982. The maximum Gasteiger partial charge on any atom is 0.309 e. The summed E-state index contributed by atoms with van der Waals surface area (Å²) in [5, 5.41) is 9.96. The van der Waals surface area contributed by atoms with E-state index in [2.05, 4.69) is 19.9 Å². The maximum absolute atomic E-state index is 12.0. The molecular weight excluding hydrogens is 252 g/mol. The van der Waals surface area contributed by atoms with Crippen LogP contribution in [0.3, 0.4) is 0 Å². The molecule has 2 aliphatic carbocycles. The van der Waals surface area contributed by atoms with Crippen LogP contribution in [0, 0.1) is 11.8 Å². The lowest BCUT2D eigenvalue weighted by molar-refractivity contribution is -0.152. The van der Waals surface area contributed by atoms with Gasteiger partial charge in [0.15, 0.2) is 0 Å². The Labute approximate surface area is 121 Å². The number of hydrogen-bond donors (Lipinski definition) is 1. The third kappa shape index (κ3) is 2.88. The van der Waals surface area contributed by atoms with Crippen molar-refractivity contribution in [1.82, 2.24) is 0 Å². The molecule has 1 N–H and O–H groups in total. The number of carbonyl (C=O) groups excluding carboxylic acids is 1. The largest absolute Gasteiger partial charge is 0.457 e. The standard InChI is InChI=1S/C17H24O3/c1-5-10(2)17(19)20-15-9-14(18)8-13-7-6-11(3)12(4)16(13)15/h6-8,10-11,14-15,18H,5,9H2,1-4H3/t10-,11-,14+,15-/m0/s1. The van der Waals surface area contributed by atoms with Crippen molar-refractivity contribution in [1.29, 1.82) is 0 Å². The summed E-state index contributed by atoms with van der Waals surface area (Å²) in [6.07, 6.45) is 6.36. The monoisotopic (exact) mass is 276 g/mol. The number of carbonyl (C=O) groups is 1. The lowest BCUT2D eigenvalue weighted by Crippen LogP contribution is -2.33. The number of esters is 1. The average molecular weight is 276 g/mol. The van der Waals surface area contributed by atoms with Crippen molar-refractivity contribution >= 4 is 5.97 Å². The van der Waals surface area contributed by atoms with E-state index < -0.39 is 6.10 Å². The van der Waals surface area contributed by atoms with Crippen LogP contribution in [0.2, 0.25) is 0 Å². The van der Waals surface area contributed by atoms with E-state index >= 15 is 0 Å². The molecule has 4 atom stereocenters. The van der Waals surface area contributed by atoms with Crippen LogP contribution < -0.4 is 0 Å². The van der Waals surface area contributed by atoms with Crippen molar-refractivity contribution in [2.75, 3.05) is 0 Å². The summed E-state index contributed by atoms with van der Waals surface area (Å²) in [5.41, 5.74) is 3.32. The van der Waals surface area contributed by atoms with E-state index in [0.29, 0.717) is 12.3 Å². The second-order valence-electron chi connectivity index (χ2n) is 5.90. The summed E-state index contributed by atoms with van der Waals surface area (Å²) in [6, 6.07) is 0. The second-order valence-corrected chi connectivity index (χ2v) is 5.90. The van der Waals surface area contributed by atoms with Gasteiger partial charge in [0.25, 0.3) is 0 Å². The van der Waals surface area contributed by atoms with Crippen LogP contribution in [0.25, 0.3) is 0 Å². The fraction of sp³-hybridized carbons (Fsp3) is 0.588. The number of allylic oxidation sites excluding steroid dienone is 3. The molecule has 20 heavy (non-hydrogen) atoms. The summed E-state index contributed by atoms with van der Waals surface area (Å²) in [4.78, 5) is 12.0. The number of fused-ring (bicyclic) bond motifs is 1. The van der Waals surface area contributed by atoms with E-state index in [1.165, 1.54) is 5.57 Å². The van der Waals surface area contributed by atoms with Gasteiger partial charge in [-0.05, 0) is 36.5 Å². The van der Waals surface area contributed by atoms with Gasteiger partial charge in [-0.25, -0.2) is 0 Å².